The lowest BCUT2D eigenvalue weighted by molar-refractivity contribution is 0.100. The first-order chi connectivity index (χ1) is 14.2. The van der Waals surface area contributed by atoms with Gasteiger partial charge in [-0.15, -0.1) is 0 Å². The summed E-state index contributed by atoms with van der Waals surface area (Å²) >= 11 is 0. The molecule has 2 aliphatic heterocycles. The average Bonchev–Trinajstić information content (AvgIpc) is 3.34. The molecule has 1 amide bonds. The Morgan fingerprint density at radius 1 is 1.10 bits per heavy atom. The third-order valence-electron chi connectivity index (χ3n) is 5.58. The van der Waals surface area contributed by atoms with Crippen molar-refractivity contribution in [3.05, 3.63) is 83.2 Å². The Hall–Kier alpha value is -3.93. The zero-order valence-corrected chi connectivity index (χ0v) is 15.4. The molecule has 0 fully saturated rings. The second-order valence-electron chi connectivity index (χ2n) is 7.22. The molecule has 0 bridgehead atoms. The van der Waals surface area contributed by atoms with Gasteiger partial charge in [0.05, 0.1) is 35.3 Å². The second-order valence-corrected chi connectivity index (χ2v) is 7.22. The monoisotopic (exact) mass is 380 g/mol. The van der Waals surface area contributed by atoms with Gasteiger partial charge in [-0.2, -0.15) is 5.10 Å². The molecule has 140 valence electrons. The lowest BCUT2D eigenvalue weighted by Crippen LogP contribution is -2.14. The number of aromatic nitrogens is 2. The van der Waals surface area contributed by atoms with E-state index in [4.69, 9.17) is 15.5 Å². The Balaban J connectivity index is 1.72. The minimum Gasteiger partial charge on any atom is -0.493 e. The van der Waals surface area contributed by atoms with Crippen molar-refractivity contribution < 1.29 is 9.53 Å². The highest BCUT2D eigenvalue weighted by Crippen LogP contribution is 2.41. The number of nitrogens with zero attached hydrogens (tertiary/aromatic N) is 3. The number of amides is 1. The predicted octanol–water partition coefficient (Wildman–Crippen LogP) is 3.52. The molecule has 4 aromatic rings. The molecular weight excluding hydrogens is 364 g/mol. The van der Waals surface area contributed by atoms with Crippen molar-refractivity contribution in [2.75, 3.05) is 6.61 Å². The lowest BCUT2D eigenvalue weighted by atomic mass is 9.96. The number of hydrogen-bond donors (Lipinski definition) is 1. The fourth-order valence-electron chi connectivity index (χ4n) is 4.23. The van der Waals surface area contributed by atoms with Crippen molar-refractivity contribution in [3.63, 3.8) is 0 Å². The first-order valence-electron chi connectivity index (χ1n) is 9.45. The van der Waals surface area contributed by atoms with E-state index >= 15 is 0 Å². The molecule has 0 saturated carbocycles. The van der Waals surface area contributed by atoms with Crippen LogP contribution >= 0.6 is 0 Å². The van der Waals surface area contributed by atoms with Crippen LogP contribution in [0.5, 0.6) is 5.75 Å². The van der Waals surface area contributed by atoms with Crippen molar-refractivity contribution >= 4 is 22.8 Å². The van der Waals surface area contributed by atoms with Crippen LogP contribution in [0.25, 0.3) is 16.6 Å². The largest absolute Gasteiger partial charge is 0.493 e. The normalized spacial score (nSPS) is 14.0. The summed E-state index contributed by atoms with van der Waals surface area (Å²) in [6, 6.07) is 16.0. The number of aliphatic imine (C=N–C) groups is 1. The fourth-order valence-corrected chi connectivity index (χ4v) is 4.23. The molecule has 6 rings (SSSR count). The van der Waals surface area contributed by atoms with Gasteiger partial charge in [0.2, 0.25) is 0 Å². The lowest BCUT2D eigenvalue weighted by Gasteiger charge is -2.10. The van der Waals surface area contributed by atoms with Crippen LogP contribution in [0.15, 0.2) is 65.9 Å². The summed E-state index contributed by atoms with van der Waals surface area (Å²) in [7, 11) is 0. The maximum Gasteiger partial charge on any atom is 0.251 e. The SMILES string of the molecule is NC(=O)c1cnn2ccc3c2c1-c1ccccc1N=C3c1ccc2c(c1)OCC2. The van der Waals surface area contributed by atoms with Crippen LogP contribution in [0.4, 0.5) is 5.69 Å². The van der Waals surface area contributed by atoms with E-state index in [1.165, 1.54) is 11.8 Å². The van der Waals surface area contributed by atoms with E-state index in [9.17, 15) is 4.79 Å². The van der Waals surface area contributed by atoms with Gasteiger partial charge in [0, 0.05) is 34.9 Å². The van der Waals surface area contributed by atoms with Crippen LogP contribution in [-0.2, 0) is 6.42 Å². The van der Waals surface area contributed by atoms with Gasteiger partial charge in [-0.05, 0) is 23.8 Å². The minimum atomic E-state index is -0.508. The Kier molecular flexibility index (Phi) is 3.20. The van der Waals surface area contributed by atoms with Gasteiger partial charge in [-0.25, -0.2) is 9.51 Å². The summed E-state index contributed by atoms with van der Waals surface area (Å²) in [5, 5.41) is 4.40. The minimum absolute atomic E-state index is 0.388. The topological polar surface area (TPSA) is 82.0 Å². The van der Waals surface area contributed by atoms with Crippen molar-refractivity contribution in [1.82, 2.24) is 9.61 Å². The highest BCUT2D eigenvalue weighted by Gasteiger charge is 2.26. The maximum atomic E-state index is 12.2. The number of nitrogens with two attached hydrogens (primary N) is 1. The standard InChI is InChI=1S/C23H16N4O2/c24-23(28)17-12-25-27-9-7-16-21(14-6-5-13-8-10-29-19(13)11-14)26-18-4-2-1-3-15(18)20(17)22(16)27/h1-7,9,11-12H,8,10H2,(H2,24,28). The van der Waals surface area contributed by atoms with Gasteiger partial charge < -0.3 is 10.5 Å². The molecular formula is C23H16N4O2. The number of carbonyl (C=O) groups excluding carboxylic acids is 1. The molecule has 0 atom stereocenters. The zero-order chi connectivity index (χ0) is 19.5. The number of benzene rings is 2. The summed E-state index contributed by atoms with van der Waals surface area (Å²) in [6.07, 6.45) is 4.34. The summed E-state index contributed by atoms with van der Waals surface area (Å²) in [5.41, 5.74) is 13.2. The number of rotatable bonds is 2. The molecule has 0 aliphatic carbocycles. The molecule has 0 unspecified atom stereocenters. The van der Waals surface area contributed by atoms with Crippen molar-refractivity contribution in [2.24, 2.45) is 10.7 Å². The Labute approximate surface area is 166 Å². The first-order valence-corrected chi connectivity index (χ1v) is 9.45. The van der Waals surface area contributed by atoms with Gasteiger partial charge in [-0.3, -0.25) is 4.79 Å². The molecule has 6 nitrogen and oxygen atoms in total. The molecule has 4 heterocycles. The van der Waals surface area contributed by atoms with E-state index in [1.807, 2.05) is 42.6 Å². The third kappa shape index (κ3) is 2.26. The number of fused-ring (bicyclic) bond motifs is 3. The van der Waals surface area contributed by atoms with E-state index in [2.05, 4.69) is 17.2 Å². The van der Waals surface area contributed by atoms with E-state index < -0.39 is 5.91 Å². The first kappa shape index (κ1) is 16.1. The van der Waals surface area contributed by atoms with Crippen molar-refractivity contribution in [3.8, 4) is 16.9 Å². The molecule has 2 aromatic heterocycles. The average molecular weight is 380 g/mol. The Bertz CT molecular complexity index is 1370. The highest BCUT2D eigenvalue weighted by atomic mass is 16.5. The molecule has 0 spiro atoms. The Morgan fingerprint density at radius 3 is 2.90 bits per heavy atom. The van der Waals surface area contributed by atoms with Crippen LogP contribution < -0.4 is 10.5 Å². The zero-order valence-electron chi connectivity index (χ0n) is 15.4. The van der Waals surface area contributed by atoms with Gasteiger partial charge in [0.15, 0.2) is 0 Å². The van der Waals surface area contributed by atoms with Crippen LogP contribution in [0, 0.1) is 0 Å². The summed E-state index contributed by atoms with van der Waals surface area (Å²) in [4.78, 5) is 17.2. The molecule has 0 saturated heterocycles. The van der Waals surface area contributed by atoms with E-state index in [0.717, 1.165) is 51.3 Å². The van der Waals surface area contributed by atoms with Gasteiger partial charge in [0.25, 0.3) is 5.91 Å². The maximum absolute atomic E-state index is 12.2. The second kappa shape index (κ2) is 5.78. The number of primary amides is 1. The molecule has 2 aliphatic rings. The van der Waals surface area contributed by atoms with E-state index in [-0.39, 0.29) is 0 Å². The van der Waals surface area contributed by atoms with E-state index in [1.54, 1.807) is 4.52 Å². The van der Waals surface area contributed by atoms with Crippen molar-refractivity contribution in [2.45, 2.75) is 6.42 Å². The van der Waals surface area contributed by atoms with Crippen molar-refractivity contribution in [1.29, 1.82) is 0 Å². The number of para-hydroxylation sites is 1. The highest BCUT2D eigenvalue weighted by molar-refractivity contribution is 6.22. The number of ether oxygens (including phenoxy) is 1. The molecule has 0 radical (unpaired) electrons. The summed E-state index contributed by atoms with van der Waals surface area (Å²) in [5.74, 6) is 0.397. The van der Waals surface area contributed by atoms with Crippen LogP contribution in [-0.4, -0.2) is 27.8 Å². The number of carbonyl (C=O) groups is 1. The fraction of sp³-hybridized carbons (Fsp3) is 0.0870. The van der Waals surface area contributed by atoms with Crippen LogP contribution in [0.2, 0.25) is 0 Å². The van der Waals surface area contributed by atoms with Gasteiger partial charge in [-0.1, -0.05) is 30.3 Å². The molecule has 2 aromatic carbocycles. The quantitative estimate of drug-likeness (QED) is 0.509. The molecule has 6 heteroatoms. The molecule has 2 N–H and O–H groups in total. The van der Waals surface area contributed by atoms with Gasteiger partial charge >= 0.3 is 0 Å². The van der Waals surface area contributed by atoms with Crippen LogP contribution in [0.3, 0.4) is 0 Å². The third-order valence-corrected chi connectivity index (χ3v) is 5.58. The predicted molar refractivity (Wildman–Crippen MR) is 110 cm³/mol. The van der Waals surface area contributed by atoms with Crippen LogP contribution in [0.1, 0.15) is 27.0 Å². The Morgan fingerprint density at radius 2 is 2.00 bits per heavy atom. The summed E-state index contributed by atoms with van der Waals surface area (Å²) < 4.78 is 7.55. The smallest absolute Gasteiger partial charge is 0.251 e. The summed E-state index contributed by atoms with van der Waals surface area (Å²) in [6.45, 7) is 0.708. The van der Waals surface area contributed by atoms with E-state index in [0.29, 0.717) is 12.2 Å². The van der Waals surface area contributed by atoms with Gasteiger partial charge in [0.1, 0.15) is 5.75 Å². The number of hydrogen-bond acceptors (Lipinski definition) is 4. The molecule has 29 heavy (non-hydrogen) atoms.